The number of aromatic nitrogens is 3. The number of unbranched alkanes of at least 4 members (excludes halogenated alkanes) is 1. The fraction of sp³-hybridized carbons (Fsp3) is 0.522. The first-order valence-corrected chi connectivity index (χ1v) is 10.8. The summed E-state index contributed by atoms with van der Waals surface area (Å²) in [6.07, 6.45) is 8.91. The molecule has 29 heavy (non-hydrogen) atoms. The van der Waals surface area contributed by atoms with Gasteiger partial charge < -0.3 is 9.73 Å². The molecule has 0 bridgehead atoms. The topological polar surface area (TPSA) is 63.8 Å². The lowest BCUT2D eigenvalue weighted by Crippen LogP contribution is -2.17. The maximum Gasteiger partial charge on any atom is 0.297 e. The van der Waals surface area contributed by atoms with E-state index in [4.69, 9.17) is 4.42 Å². The molecule has 0 aliphatic carbocycles. The Bertz CT molecular complexity index is 894. The van der Waals surface area contributed by atoms with E-state index < -0.39 is 5.95 Å². The van der Waals surface area contributed by atoms with Crippen LogP contribution in [-0.2, 0) is 0 Å². The molecule has 3 heterocycles. The van der Waals surface area contributed by atoms with E-state index in [1.54, 1.807) is 6.07 Å². The lowest BCUT2D eigenvalue weighted by atomic mass is 9.82. The third-order valence-corrected chi connectivity index (χ3v) is 5.71. The van der Waals surface area contributed by atoms with Crippen LogP contribution in [0.15, 0.2) is 34.9 Å². The number of rotatable bonds is 11. The Balaban J connectivity index is 1.62. The van der Waals surface area contributed by atoms with Crippen LogP contribution in [0.4, 0.5) is 10.4 Å². The van der Waals surface area contributed by atoms with Crippen LogP contribution in [0.5, 0.6) is 0 Å². The highest BCUT2D eigenvalue weighted by molar-refractivity contribution is 5.74. The first kappa shape index (κ1) is 21.2. The van der Waals surface area contributed by atoms with Gasteiger partial charge in [-0.05, 0) is 42.5 Å². The molecule has 0 saturated carbocycles. The number of nitrogens with one attached hydrogen (secondary N) is 1. The number of oxazole rings is 1. The van der Waals surface area contributed by atoms with E-state index in [9.17, 15) is 4.39 Å². The number of hydrogen-bond acceptors (Lipinski definition) is 5. The van der Waals surface area contributed by atoms with Gasteiger partial charge in [-0.25, -0.2) is 9.97 Å². The Hall–Kier alpha value is -2.50. The zero-order valence-corrected chi connectivity index (χ0v) is 17.6. The lowest BCUT2D eigenvalue weighted by Gasteiger charge is -2.25. The van der Waals surface area contributed by atoms with Gasteiger partial charge in [-0.3, -0.25) is 0 Å². The second-order valence-electron chi connectivity index (χ2n) is 7.60. The van der Waals surface area contributed by atoms with Crippen LogP contribution < -0.4 is 5.32 Å². The minimum absolute atomic E-state index is 0.498. The first-order valence-electron chi connectivity index (χ1n) is 10.8. The van der Waals surface area contributed by atoms with Crippen LogP contribution in [0.2, 0.25) is 0 Å². The Morgan fingerprint density at radius 2 is 1.79 bits per heavy atom. The summed E-state index contributed by atoms with van der Waals surface area (Å²) in [5, 5.41) is 3.32. The summed E-state index contributed by atoms with van der Waals surface area (Å²) in [4.78, 5) is 12.7. The minimum atomic E-state index is -0.506. The summed E-state index contributed by atoms with van der Waals surface area (Å²) in [6, 6.07) is 7.15. The standard InChI is InChI=1S/C23H31FN4O/c1-4-7-8-16(5-2)17(6-3)13-14-25-23-28-22-20(29-23)11-10-19(27-22)18-9-12-21(24)26-15-18/h9-12,15-17H,4-8,13-14H2,1-3H3,(H,25,27,28). The summed E-state index contributed by atoms with van der Waals surface area (Å²) < 4.78 is 18.8. The second-order valence-corrected chi connectivity index (χ2v) is 7.60. The van der Waals surface area contributed by atoms with Gasteiger partial charge in [-0.2, -0.15) is 9.37 Å². The summed E-state index contributed by atoms with van der Waals surface area (Å²) >= 11 is 0. The number of fused-ring (bicyclic) bond motifs is 1. The molecular weight excluding hydrogens is 367 g/mol. The molecule has 6 heteroatoms. The number of pyridine rings is 2. The van der Waals surface area contributed by atoms with Crippen molar-refractivity contribution in [2.24, 2.45) is 11.8 Å². The van der Waals surface area contributed by atoms with Crippen LogP contribution in [0.25, 0.3) is 22.5 Å². The highest BCUT2D eigenvalue weighted by Gasteiger charge is 2.18. The molecule has 2 atom stereocenters. The third kappa shape index (κ3) is 5.52. The SMILES string of the molecule is CCCCC(CC)C(CC)CCNc1nc2nc(-c3ccc(F)nc3)ccc2o1. The van der Waals surface area contributed by atoms with Gasteiger partial charge in [0, 0.05) is 18.3 Å². The fourth-order valence-corrected chi connectivity index (χ4v) is 3.96. The molecule has 0 fully saturated rings. The predicted molar refractivity (Wildman–Crippen MR) is 115 cm³/mol. The quantitative estimate of drug-likeness (QED) is 0.375. The minimum Gasteiger partial charge on any atom is -0.422 e. The number of hydrogen-bond donors (Lipinski definition) is 1. The van der Waals surface area contributed by atoms with E-state index in [1.165, 1.54) is 44.4 Å². The molecule has 2 unspecified atom stereocenters. The molecule has 156 valence electrons. The largest absolute Gasteiger partial charge is 0.422 e. The fourth-order valence-electron chi connectivity index (χ4n) is 3.96. The summed E-state index contributed by atoms with van der Waals surface area (Å²) in [5.41, 5.74) is 2.61. The molecule has 0 radical (unpaired) electrons. The van der Waals surface area contributed by atoms with E-state index in [-0.39, 0.29) is 0 Å². The zero-order valence-electron chi connectivity index (χ0n) is 17.6. The van der Waals surface area contributed by atoms with Crippen molar-refractivity contribution in [3.63, 3.8) is 0 Å². The van der Waals surface area contributed by atoms with Crippen molar-refractivity contribution in [3.8, 4) is 11.3 Å². The maximum absolute atomic E-state index is 13.0. The van der Waals surface area contributed by atoms with Crippen LogP contribution in [0.1, 0.15) is 59.3 Å². The molecule has 0 saturated heterocycles. The highest BCUT2D eigenvalue weighted by Crippen LogP contribution is 2.28. The van der Waals surface area contributed by atoms with Gasteiger partial charge >= 0.3 is 0 Å². The Morgan fingerprint density at radius 1 is 1.00 bits per heavy atom. The maximum atomic E-state index is 13.0. The van der Waals surface area contributed by atoms with Crippen molar-refractivity contribution >= 4 is 17.2 Å². The van der Waals surface area contributed by atoms with Crippen molar-refractivity contribution in [2.75, 3.05) is 11.9 Å². The lowest BCUT2D eigenvalue weighted by molar-refractivity contribution is 0.277. The van der Waals surface area contributed by atoms with Gasteiger partial charge in [0.15, 0.2) is 5.58 Å². The van der Waals surface area contributed by atoms with E-state index in [1.807, 2.05) is 12.1 Å². The molecule has 3 rings (SSSR count). The molecule has 0 amide bonds. The molecule has 0 aliphatic rings. The van der Waals surface area contributed by atoms with Gasteiger partial charge in [-0.1, -0.05) is 52.9 Å². The normalized spacial score (nSPS) is 13.5. The summed E-state index contributed by atoms with van der Waals surface area (Å²) in [5.74, 6) is 1.01. The van der Waals surface area contributed by atoms with E-state index in [2.05, 4.69) is 41.0 Å². The van der Waals surface area contributed by atoms with Crippen LogP contribution in [0, 0.1) is 17.8 Å². The molecule has 5 nitrogen and oxygen atoms in total. The van der Waals surface area contributed by atoms with Crippen molar-refractivity contribution in [2.45, 2.75) is 59.3 Å². The van der Waals surface area contributed by atoms with E-state index >= 15 is 0 Å². The molecule has 0 aromatic carbocycles. The Morgan fingerprint density at radius 3 is 2.48 bits per heavy atom. The third-order valence-electron chi connectivity index (χ3n) is 5.71. The Labute approximate surface area is 172 Å². The van der Waals surface area contributed by atoms with Crippen molar-refractivity contribution in [1.82, 2.24) is 15.0 Å². The van der Waals surface area contributed by atoms with Gasteiger partial charge in [-0.15, -0.1) is 0 Å². The molecule has 1 N–H and O–H groups in total. The van der Waals surface area contributed by atoms with E-state index in [0.29, 0.717) is 22.9 Å². The van der Waals surface area contributed by atoms with Crippen LogP contribution >= 0.6 is 0 Å². The number of anilines is 1. The molecule has 3 aromatic heterocycles. The Kier molecular flexibility index (Phi) is 7.55. The van der Waals surface area contributed by atoms with Gasteiger partial charge in [0.25, 0.3) is 6.01 Å². The number of nitrogens with zero attached hydrogens (tertiary/aromatic N) is 3. The second kappa shape index (κ2) is 10.3. The molecule has 3 aromatic rings. The monoisotopic (exact) mass is 398 g/mol. The summed E-state index contributed by atoms with van der Waals surface area (Å²) in [7, 11) is 0. The van der Waals surface area contributed by atoms with Crippen molar-refractivity contribution in [1.29, 1.82) is 0 Å². The number of halogens is 1. The first-order chi connectivity index (χ1) is 14.1. The average molecular weight is 399 g/mol. The van der Waals surface area contributed by atoms with Crippen LogP contribution in [-0.4, -0.2) is 21.5 Å². The van der Waals surface area contributed by atoms with Crippen molar-refractivity contribution < 1.29 is 8.81 Å². The predicted octanol–water partition coefficient (Wildman–Crippen LogP) is 6.47. The van der Waals surface area contributed by atoms with E-state index in [0.717, 1.165) is 30.4 Å². The highest BCUT2D eigenvalue weighted by atomic mass is 19.1. The average Bonchev–Trinajstić information content (AvgIpc) is 3.15. The van der Waals surface area contributed by atoms with Crippen molar-refractivity contribution in [3.05, 3.63) is 36.4 Å². The van der Waals surface area contributed by atoms with Gasteiger partial charge in [0.05, 0.1) is 5.69 Å². The summed E-state index contributed by atoms with van der Waals surface area (Å²) in [6.45, 7) is 7.68. The zero-order chi connectivity index (χ0) is 20.6. The molecular formula is C23H31FN4O. The molecule has 0 spiro atoms. The van der Waals surface area contributed by atoms with Crippen LogP contribution in [0.3, 0.4) is 0 Å². The molecule has 0 aliphatic heterocycles. The smallest absolute Gasteiger partial charge is 0.297 e. The van der Waals surface area contributed by atoms with Gasteiger partial charge in [0.1, 0.15) is 0 Å². The van der Waals surface area contributed by atoms with Gasteiger partial charge in [0.2, 0.25) is 11.6 Å².